The minimum absolute atomic E-state index is 0.656. The highest BCUT2D eigenvalue weighted by Crippen LogP contribution is 2.50. The summed E-state index contributed by atoms with van der Waals surface area (Å²) in [6, 6.07) is 65.1. The van der Waals surface area contributed by atoms with Crippen molar-refractivity contribution in [2.45, 2.75) is 0 Å². The third-order valence-corrected chi connectivity index (χ3v) is 11.6. The molecule has 2 heterocycles. The average Bonchev–Trinajstić information content (AvgIpc) is 3.92. The third kappa shape index (κ3) is 4.84. The van der Waals surface area contributed by atoms with Gasteiger partial charge in [0.2, 0.25) is 5.89 Å². The molecule has 8 aromatic carbocycles. The maximum Gasteiger partial charge on any atom is 0.227 e. The smallest absolute Gasteiger partial charge is 0.227 e. The quantitative estimate of drug-likeness (QED) is 0.173. The SMILES string of the molecule is c1ccc(-c2ccc(N(c3ccc(-c4ccc5c6c(cccc46)-c4nc(-c6ccccc6)oc4-5)cc3)c3ccc4sc5ccccc5c4c3)cc2)cc1. The maximum absolute atomic E-state index is 6.42. The van der Waals surface area contributed by atoms with Crippen LogP contribution in [0.1, 0.15) is 0 Å². The summed E-state index contributed by atoms with van der Waals surface area (Å²) >= 11 is 1.85. The van der Waals surface area contributed by atoms with Crippen molar-refractivity contribution in [3.63, 3.8) is 0 Å². The fraction of sp³-hybridized carbons (Fsp3) is 0. The molecule has 0 saturated heterocycles. The van der Waals surface area contributed by atoms with Crippen LogP contribution in [-0.4, -0.2) is 4.98 Å². The van der Waals surface area contributed by atoms with Crippen molar-refractivity contribution in [2.75, 3.05) is 4.90 Å². The van der Waals surface area contributed by atoms with Crippen molar-refractivity contribution in [1.29, 1.82) is 0 Å². The second-order valence-electron chi connectivity index (χ2n) is 13.5. The lowest BCUT2D eigenvalue weighted by atomic mass is 9.94. The molecule has 0 atom stereocenters. The van der Waals surface area contributed by atoms with Crippen molar-refractivity contribution in [3.8, 4) is 56.3 Å². The molecule has 11 rings (SSSR count). The summed E-state index contributed by atoms with van der Waals surface area (Å²) in [6.45, 7) is 0. The van der Waals surface area contributed by atoms with E-state index in [0.29, 0.717) is 5.89 Å². The lowest BCUT2D eigenvalue weighted by molar-refractivity contribution is 0.590. The summed E-state index contributed by atoms with van der Waals surface area (Å²) in [5.74, 6) is 1.50. The Balaban J connectivity index is 1.00. The molecule has 1 aliphatic carbocycles. The van der Waals surface area contributed by atoms with E-state index < -0.39 is 0 Å². The molecule has 0 fully saturated rings. The molecule has 0 radical (unpaired) electrons. The standard InChI is InChI=1S/C49H30N2OS/c1-3-10-31(11-4-1)32-18-22-35(23-19-32)51(37-26-29-45-43(30-37)39-14-7-8-17-44(39)53-45)36-24-20-33(21-25-36)38-27-28-42-46-40(38)15-9-16-41(46)47-48(42)52-49(50-47)34-12-5-2-6-13-34/h1-30H. The highest BCUT2D eigenvalue weighted by molar-refractivity contribution is 7.25. The van der Waals surface area contributed by atoms with Gasteiger partial charge in [-0.15, -0.1) is 11.3 Å². The third-order valence-electron chi connectivity index (χ3n) is 10.5. The number of aromatic nitrogens is 1. The fourth-order valence-electron chi connectivity index (χ4n) is 7.96. The van der Waals surface area contributed by atoms with E-state index in [9.17, 15) is 0 Å². The van der Waals surface area contributed by atoms with Gasteiger partial charge in [-0.05, 0) is 94.4 Å². The molecular formula is C49H30N2OS. The summed E-state index contributed by atoms with van der Waals surface area (Å²) in [5.41, 5.74) is 12.2. The molecule has 0 spiro atoms. The van der Waals surface area contributed by atoms with E-state index in [4.69, 9.17) is 9.40 Å². The molecule has 248 valence electrons. The molecule has 2 aromatic heterocycles. The molecule has 3 nitrogen and oxygen atoms in total. The molecule has 0 N–H and O–H groups in total. The van der Waals surface area contributed by atoms with Gasteiger partial charge in [0.25, 0.3) is 0 Å². The minimum atomic E-state index is 0.656. The average molecular weight is 695 g/mol. The van der Waals surface area contributed by atoms with Crippen LogP contribution in [0.15, 0.2) is 186 Å². The Bertz CT molecular complexity index is 2950. The Labute approximate surface area is 310 Å². The second-order valence-corrected chi connectivity index (χ2v) is 14.6. The van der Waals surface area contributed by atoms with Gasteiger partial charge in [0.05, 0.1) is 0 Å². The topological polar surface area (TPSA) is 29.3 Å². The second kappa shape index (κ2) is 11.9. The van der Waals surface area contributed by atoms with Gasteiger partial charge in [0.15, 0.2) is 5.76 Å². The molecule has 4 heteroatoms. The van der Waals surface area contributed by atoms with E-state index in [0.717, 1.165) is 50.8 Å². The number of anilines is 3. The molecule has 0 bridgehead atoms. The van der Waals surface area contributed by atoms with E-state index in [1.54, 1.807) is 0 Å². The number of thiophene rings is 1. The first-order valence-corrected chi connectivity index (χ1v) is 18.7. The first-order valence-electron chi connectivity index (χ1n) is 17.9. The Morgan fingerprint density at radius 2 is 1.02 bits per heavy atom. The van der Waals surface area contributed by atoms with Crippen LogP contribution in [0.25, 0.3) is 87.2 Å². The Kier molecular flexibility index (Phi) is 6.73. The van der Waals surface area contributed by atoms with Gasteiger partial charge in [-0.25, -0.2) is 4.98 Å². The Morgan fingerprint density at radius 3 is 1.79 bits per heavy atom. The van der Waals surface area contributed by atoms with Gasteiger partial charge in [0, 0.05) is 59.3 Å². The van der Waals surface area contributed by atoms with Crippen LogP contribution in [0.4, 0.5) is 17.1 Å². The molecular weight excluding hydrogens is 665 g/mol. The van der Waals surface area contributed by atoms with E-state index in [-0.39, 0.29) is 0 Å². The van der Waals surface area contributed by atoms with E-state index in [1.165, 1.54) is 47.6 Å². The highest BCUT2D eigenvalue weighted by Gasteiger charge is 2.29. The summed E-state index contributed by atoms with van der Waals surface area (Å²) in [7, 11) is 0. The number of hydrogen-bond acceptors (Lipinski definition) is 4. The van der Waals surface area contributed by atoms with Crippen molar-refractivity contribution in [1.82, 2.24) is 4.98 Å². The van der Waals surface area contributed by atoms with Crippen molar-refractivity contribution >= 4 is 59.3 Å². The van der Waals surface area contributed by atoms with Crippen LogP contribution in [0.3, 0.4) is 0 Å². The summed E-state index contributed by atoms with van der Waals surface area (Å²) < 4.78 is 9.02. The van der Waals surface area contributed by atoms with Crippen LogP contribution >= 0.6 is 11.3 Å². The number of nitrogens with zero attached hydrogens (tertiary/aromatic N) is 2. The lowest BCUT2D eigenvalue weighted by Crippen LogP contribution is -2.09. The number of benzene rings is 8. The Morgan fingerprint density at radius 1 is 0.415 bits per heavy atom. The Hall–Kier alpha value is -6.75. The summed E-state index contributed by atoms with van der Waals surface area (Å²) in [5, 5.41) is 4.98. The van der Waals surface area contributed by atoms with Crippen molar-refractivity contribution in [3.05, 3.63) is 182 Å². The minimum Gasteiger partial charge on any atom is -0.435 e. The van der Waals surface area contributed by atoms with E-state index >= 15 is 0 Å². The first-order chi connectivity index (χ1) is 26.3. The summed E-state index contributed by atoms with van der Waals surface area (Å²) in [4.78, 5) is 7.34. The highest BCUT2D eigenvalue weighted by atomic mass is 32.1. The normalized spacial score (nSPS) is 11.8. The van der Waals surface area contributed by atoms with Crippen LogP contribution in [-0.2, 0) is 0 Å². The molecule has 1 aliphatic rings. The molecule has 0 aliphatic heterocycles. The van der Waals surface area contributed by atoms with Gasteiger partial charge in [0.1, 0.15) is 5.69 Å². The lowest BCUT2D eigenvalue weighted by Gasteiger charge is -2.26. The largest absolute Gasteiger partial charge is 0.435 e. The van der Waals surface area contributed by atoms with Crippen molar-refractivity contribution in [2.24, 2.45) is 0 Å². The molecule has 10 aromatic rings. The van der Waals surface area contributed by atoms with Gasteiger partial charge in [-0.2, -0.15) is 0 Å². The van der Waals surface area contributed by atoms with Crippen LogP contribution < -0.4 is 4.90 Å². The van der Waals surface area contributed by atoms with Gasteiger partial charge in [-0.1, -0.05) is 115 Å². The monoisotopic (exact) mass is 694 g/mol. The van der Waals surface area contributed by atoms with Crippen LogP contribution in [0, 0.1) is 0 Å². The summed E-state index contributed by atoms with van der Waals surface area (Å²) in [6.07, 6.45) is 0. The maximum atomic E-state index is 6.42. The van der Waals surface area contributed by atoms with Gasteiger partial charge >= 0.3 is 0 Å². The number of oxazole rings is 1. The predicted molar refractivity (Wildman–Crippen MR) is 222 cm³/mol. The van der Waals surface area contributed by atoms with Crippen LogP contribution in [0.5, 0.6) is 0 Å². The van der Waals surface area contributed by atoms with Crippen LogP contribution in [0.2, 0.25) is 0 Å². The van der Waals surface area contributed by atoms with Gasteiger partial charge in [-0.3, -0.25) is 0 Å². The van der Waals surface area contributed by atoms with E-state index in [1.807, 2.05) is 41.7 Å². The molecule has 0 saturated carbocycles. The number of rotatable bonds is 6. The zero-order chi connectivity index (χ0) is 34.9. The molecule has 0 amide bonds. The zero-order valence-electron chi connectivity index (χ0n) is 28.5. The zero-order valence-corrected chi connectivity index (χ0v) is 29.3. The number of hydrogen-bond donors (Lipinski definition) is 0. The number of fused-ring (bicyclic) bond motifs is 6. The van der Waals surface area contributed by atoms with Crippen molar-refractivity contribution < 1.29 is 4.42 Å². The molecule has 0 unspecified atom stereocenters. The van der Waals surface area contributed by atoms with E-state index in [2.05, 4.69) is 157 Å². The predicted octanol–water partition coefficient (Wildman–Crippen LogP) is 14.3. The molecule has 53 heavy (non-hydrogen) atoms. The fourth-order valence-corrected chi connectivity index (χ4v) is 9.04. The first kappa shape index (κ1) is 29.9. The van der Waals surface area contributed by atoms with Gasteiger partial charge < -0.3 is 9.32 Å².